The molecular formula is C30H32N4O5. The normalized spacial score (nSPS) is 18.2. The molecule has 3 aromatic rings. The topological polar surface area (TPSA) is 101 Å². The zero-order valence-corrected chi connectivity index (χ0v) is 22.1. The monoisotopic (exact) mass is 528 g/mol. The third-order valence-corrected chi connectivity index (χ3v) is 7.48. The van der Waals surface area contributed by atoms with Gasteiger partial charge in [0.2, 0.25) is 5.91 Å². The molecule has 0 unspecified atom stereocenters. The van der Waals surface area contributed by atoms with E-state index in [0.717, 1.165) is 11.3 Å². The van der Waals surface area contributed by atoms with Crippen molar-refractivity contribution in [2.24, 2.45) is 0 Å². The molecule has 0 radical (unpaired) electrons. The summed E-state index contributed by atoms with van der Waals surface area (Å²) < 4.78 is 11.6. The van der Waals surface area contributed by atoms with Crippen LogP contribution in [0.4, 0.5) is 0 Å². The molecule has 2 aliphatic heterocycles. The number of methoxy groups -OCH3 is 1. The van der Waals surface area contributed by atoms with Crippen molar-refractivity contribution < 1.29 is 23.9 Å². The molecule has 2 saturated heterocycles. The largest absolute Gasteiger partial charge is 0.497 e. The summed E-state index contributed by atoms with van der Waals surface area (Å²) in [7, 11) is 1.56. The number of pyridine rings is 1. The molecule has 3 amide bonds. The fourth-order valence-corrected chi connectivity index (χ4v) is 5.31. The van der Waals surface area contributed by atoms with E-state index in [9.17, 15) is 14.4 Å². The molecular weight excluding hydrogens is 496 g/mol. The highest BCUT2D eigenvalue weighted by Crippen LogP contribution is 2.39. The highest BCUT2D eigenvalue weighted by atomic mass is 16.5. The maximum absolute atomic E-state index is 14.0. The quantitative estimate of drug-likeness (QED) is 0.528. The summed E-state index contributed by atoms with van der Waals surface area (Å²) >= 11 is 0. The Balaban J connectivity index is 1.37. The third kappa shape index (κ3) is 5.35. The van der Waals surface area contributed by atoms with Crippen LogP contribution in [-0.4, -0.2) is 71.1 Å². The number of nitrogens with one attached hydrogen (secondary N) is 1. The van der Waals surface area contributed by atoms with Gasteiger partial charge in [0.15, 0.2) is 0 Å². The molecule has 1 N–H and O–H groups in total. The van der Waals surface area contributed by atoms with Gasteiger partial charge in [-0.1, -0.05) is 30.3 Å². The fraction of sp³-hybridized carbons (Fsp3) is 0.333. The Labute approximate surface area is 227 Å². The Kier molecular flexibility index (Phi) is 7.60. The van der Waals surface area contributed by atoms with Crippen LogP contribution in [0.5, 0.6) is 5.75 Å². The van der Waals surface area contributed by atoms with Crippen LogP contribution in [0.25, 0.3) is 0 Å². The van der Waals surface area contributed by atoms with Gasteiger partial charge >= 0.3 is 0 Å². The van der Waals surface area contributed by atoms with E-state index >= 15 is 0 Å². The van der Waals surface area contributed by atoms with Crippen LogP contribution in [0.2, 0.25) is 0 Å². The summed E-state index contributed by atoms with van der Waals surface area (Å²) in [5.41, 5.74) is 1.62. The number of aryl methyl sites for hydroxylation is 1. The van der Waals surface area contributed by atoms with Gasteiger partial charge in [-0.15, -0.1) is 0 Å². The Morgan fingerprint density at radius 1 is 1.03 bits per heavy atom. The summed E-state index contributed by atoms with van der Waals surface area (Å²) in [6.45, 7) is 2.97. The van der Waals surface area contributed by atoms with Crippen molar-refractivity contribution in [3.05, 3.63) is 95.3 Å². The van der Waals surface area contributed by atoms with Crippen molar-refractivity contribution in [1.29, 1.82) is 0 Å². The number of hydrogen-bond donors (Lipinski definition) is 1. The molecule has 0 bridgehead atoms. The lowest BCUT2D eigenvalue weighted by Crippen LogP contribution is -2.59. The molecule has 0 saturated carbocycles. The molecule has 2 aromatic carbocycles. The molecule has 9 nitrogen and oxygen atoms in total. The number of rotatable bonds is 6. The molecule has 39 heavy (non-hydrogen) atoms. The molecule has 1 spiro atoms. The van der Waals surface area contributed by atoms with E-state index < -0.39 is 11.8 Å². The number of carbonyl (C=O) groups is 3. The average Bonchev–Trinajstić information content (AvgIpc) is 3.34. The Hall–Kier alpha value is -4.24. The van der Waals surface area contributed by atoms with E-state index in [1.54, 1.807) is 53.4 Å². The summed E-state index contributed by atoms with van der Waals surface area (Å²) in [5, 5.41) is 2.92. The first-order valence-corrected chi connectivity index (χ1v) is 13.1. The van der Waals surface area contributed by atoms with Gasteiger partial charge in [0.1, 0.15) is 17.5 Å². The van der Waals surface area contributed by atoms with Crippen LogP contribution in [0, 0.1) is 6.92 Å². The number of piperidine rings is 1. The van der Waals surface area contributed by atoms with Gasteiger partial charge in [-0.2, -0.15) is 0 Å². The van der Waals surface area contributed by atoms with Crippen LogP contribution < -0.4 is 10.1 Å². The van der Waals surface area contributed by atoms with Gasteiger partial charge in [-0.3, -0.25) is 24.3 Å². The molecule has 202 valence electrons. The summed E-state index contributed by atoms with van der Waals surface area (Å²) in [4.78, 5) is 48.3. The number of likely N-dealkylation sites (tertiary alicyclic amines) is 1. The van der Waals surface area contributed by atoms with E-state index in [0.29, 0.717) is 42.8 Å². The predicted molar refractivity (Wildman–Crippen MR) is 144 cm³/mol. The lowest BCUT2D eigenvalue weighted by atomic mass is 9.95. The number of amides is 3. The smallest absolute Gasteiger partial charge is 0.257 e. The van der Waals surface area contributed by atoms with Crippen LogP contribution in [0.3, 0.4) is 0 Å². The summed E-state index contributed by atoms with van der Waals surface area (Å²) in [6.07, 6.45) is 2.46. The number of aromatic nitrogens is 1. The van der Waals surface area contributed by atoms with Gasteiger partial charge in [0.05, 0.1) is 26.0 Å². The van der Waals surface area contributed by atoms with Crippen molar-refractivity contribution >= 4 is 17.7 Å². The number of nitrogens with zero attached hydrogens (tertiary/aromatic N) is 3. The number of carbonyl (C=O) groups excluding carboxylic acids is 3. The molecule has 0 aliphatic carbocycles. The molecule has 3 heterocycles. The maximum atomic E-state index is 14.0. The molecule has 2 aliphatic rings. The highest BCUT2D eigenvalue weighted by Gasteiger charge is 2.54. The predicted octanol–water partition coefficient (Wildman–Crippen LogP) is 3.19. The van der Waals surface area contributed by atoms with Crippen molar-refractivity contribution in [3.8, 4) is 5.75 Å². The first-order valence-electron chi connectivity index (χ1n) is 13.1. The maximum Gasteiger partial charge on any atom is 0.257 e. The SMILES string of the molecule is COc1cccc(C(=O)N2CCC3(CC2)OC[C@H](C(=O)NCc2ccccn2)N3C(=O)c2ccccc2C)c1. The summed E-state index contributed by atoms with van der Waals surface area (Å²) in [5.74, 6) is -0.0447. The van der Waals surface area contributed by atoms with E-state index in [4.69, 9.17) is 9.47 Å². The molecule has 2 fully saturated rings. The van der Waals surface area contributed by atoms with Gasteiger partial charge in [0.25, 0.3) is 11.8 Å². The third-order valence-electron chi connectivity index (χ3n) is 7.48. The van der Waals surface area contributed by atoms with E-state index in [-0.39, 0.29) is 30.9 Å². The standard InChI is InChI=1S/C30H32N4O5/c1-21-8-3-4-12-25(21)29(37)34-26(27(35)32-19-23-10-5-6-15-31-23)20-39-30(34)13-16-33(17-14-30)28(36)22-9-7-11-24(18-22)38-2/h3-12,15,18,26H,13-14,16-17,19-20H2,1-2H3,(H,32,35)/t26-/m1/s1. The molecule has 5 rings (SSSR count). The average molecular weight is 529 g/mol. The van der Waals surface area contributed by atoms with Crippen LogP contribution >= 0.6 is 0 Å². The zero-order valence-electron chi connectivity index (χ0n) is 22.1. The number of hydrogen-bond acceptors (Lipinski definition) is 6. The Bertz CT molecular complexity index is 1350. The lowest BCUT2D eigenvalue weighted by molar-refractivity contribution is -0.128. The number of ether oxygens (including phenoxy) is 2. The Morgan fingerprint density at radius 3 is 2.51 bits per heavy atom. The molecule has 1 aromatic heterocycles. The minimum atomic E-state index is -0.989. The van der Waals surface area contributed by atoms with Gasteiger partial charge in [-0.05, 0) is 48.9 Å². The van der Waals surface area contributed by atoms with Crippen molar-refractivity contribution in [3.63, 3.8) is 0 Å². The van der Waals surface area contributed by atoms with E-state index in [1.807, 2.05) is 43.3 Å². The zero-order chi connectivity index (χ0) is 27.4. The van der Waals surface area contributed by atoms with Crippen LogP contribution in [0.15, 0.2) is 72.9 Å². The first-order chi connectivity index (χ1) is 18.9. The van der Waals surface area contributed by atoms with Crippen molar-refractivity contribution in [2.45, 2.75) is 38.1 Å². The van der Waals surface area contributed by atoms with Crippen molar-refractivity contribution in [1.82, 2.24) is 20.1 Å². The molecule has 1 atom stereocenters. The minimum Gasteiger partial charge on any atom is -0.497 e. The highest BCUT2D eigenvalue weighted by molar-refractivity contribution is 5.99. The summed E-state index contributed by atoms with van der Waals surface area (Å²) in [6, 6.07) is 19.1. The van der Waals surface area contributed by atoms with Crippen LogP contribution in [0.1, 0.15) is 44.8 Å². The van der Waals surface area contributed by atoms with Gasteiger partial charge in [0, 0.05) is 43.3 Å². The van der Waals surface area contributed by atoms with Gasteiger partial charge < -0.3 is 19.7 Å². The molecule has 9 heteroatoms. The second-order valence-corrected chi connectivity index (χ2v) is 9.83. The first kappa shape index (κ1) is 26.4. The van der Waals surface area contributed by atoms with Crippen molar-refractivity contribution in [2.75, 3.05) is 26.8 Å². The van der Waals surface area contributed by atoms with E-state index in [2.05, 4.69) is 10.3 Å². The minimum absolute atomic E-state index is 0.0789. The second-order valence-electron chi connectivity index (χ2n) is 9.83. The fourth-order valence-electron chi connectivity index (χ4n) is 5.31. The Morgan fingerprint density at radius 2 is 1.79 bits per heavy atom. The lowest BCUT2D eigenvalue weighted by Gasteiger charge is -2.44. The second kappa shape index (κ2) is 11.2. The van der Waals surface area contributed by atoms with Gasteiger partial charge in [-0.25, -0.2) is 0 Å². The van der Waals surface area contributed by atoms with Crippen LogP contribution in [-0.2, 0) is 16.1 Å². The number of benzene rings is 2. The van der Waals surface area contributed by atoms with E-state index in [1.165, 1.54) is 0 Å².